The number of unbranched alkanes of at least 4 members (excludes halogenated alkanes) is 3. The van der Waals surface area contributed by atoms with E-state index in [0.717, 1.165) is 31.9 Å². The number of hydrogen-bond donors (Lipinski definition) is 1. The quantitative estimate of drug-likeness (QED) is 0.441. The summed E-state index contributed by atoms with van der Waals surface area (Å²) in [6.45, 7) is 4.76. The Morgan fingerprint density at radius 3 is 2.68 bits per heavy atom. The normalized spacial score (nSPS) is 11.1. The van der Waals surface area contributed by atoms with Gasteiger partial charge in [-0.15, -0.1) is 11.3 Å². The summed E-state index contributed by atoms with van der Waals surface area (Å²) in [5, 5.41) is 8.26. The molecule has 1 aromatic heterocycles. The van der Waals surface area contributed by atoms with Gasteiger partial charge in [-0.25, -0.2) is 0 Å². The smallest absolute Gasteiger partial charge is 0.124 e. The lowest BCUT2D eigenvalue weighted by atomic mass is 10.0. The van der Waals surface area contributed by atoms with Crippen molar-refractivity contribution >= 4 is 22.1 Å². The molecular weight excluding hydrogens is 326 g/mol. The highest BCUT2D eigenvalue weighted by atomic mass is 32.1. The van der Waals surface area contributed by atoms with Gasteiger partial charge in [0, 0.05) is 23.5 Å². The first-order chi connectivity index (χ1) is 12.4. The molecule has 0 aliphatic heterocycles. The van der Waals surface area contributed by atoms with E-state index in [1.165, 1.54) is 40.5 Å². The maximum atomic E-state index is 6.14. The monoisotopic (exact) mass is 353 g/mol. The Morgan fingerprint density at radius 2 is 1.84 bits per heavy atom. The van der Waals surface area contributed by atoms with Crippen molar-refractivity contribution in [1.29, 1.82) is 0 Å². The predicted molar refractivity (Wildman–Crippen MR) is 108 cm³/mol. The van der Waals surface area contributed by atoms with Gasteiger partial charge in [-0.1, -0.05) is 62.6 Å². The minimum absolute atomic E-state index is 0.802. The zero-order valence-electron chi connectivity index (χ0n) is 15.0. The Bertz CT molecular complexity index is 767. The molecule has 1 N–H and O–H groups in total. The molecule has 2 aromatic carbocycles. The van der Waals surface area contributed by atoms with Crippen LogP contribution in [0.3, 0.4) is 0 Å². The molecule has 2 nitrogen and oxygen atoms in total. The van der Waals surface area contributed by atoms with Crippen LogP contribution in [-0.4, -0.2) is 6.61 Å². The lowest BCUT2D eigenvalue weighted by Crippen LogP contribution is -2.13. The van der Waals surface area contributed by atoms with Gasteiger partial charge >= 0.3 is 0 Å². The molecule has 0 fully saturated rings. The van der Waals surface area contributed by atoms with Gasteiger partial charge in [0.1, 0.15) is 5.75 Å². The number of hydrogen-bond acceptors (Lipinski definition) is 3. The largest absolute Gasteiger partial charge is 0.493 e. The van der Waals surface area contributed by atoms with E-state index in [4.69, 9.17) is 4.74 Å². The Labute approximate surface area is 154 Å². The first kappa shape index (κ1) is 18.0. The number of ether oxygens (including phenoxy) is 1. The van der Waals surface area contributed by atoms with Gasteiger partial charge < -0.3 is 10.1 Å². The summed E-state index contributed by atoms with van der Waals surface area (Å²) in [5.74, 6) is 1.02. The van der Waals surface area contributed by atoms with Crippen molar-refractivity contribution in [2.24, 2.45) is 0 Å². The second kappa shape index (κ2) is 9.59. The van der Waals surface area contributed by atoms with Crippen LogP contribution in [0, 0.1) is 0 Å². The van der Waals surface area contributed by atoms with E-state index < -0.39 is 0 Å². The molecule has 3 heteroatoms. The molecule has 3 aromatic rings. The van der Waals surface area contributed by atoms with E-state index in [1.807, 2.05) is 0 Å². The first-order valence-electron chi connectivity index (χ1n) is 9.25. The summed E-state index contributed by atoms with van der Waals surface area (Å²) in [6.07, 6.45) is 4.92. The molecule has 0 bridgehead atoms. The number of benzene rings is 2. The highest BCUT2D eigenvalue weighted by molar-refractivity contribution is 7.09. The molecule has 25 heavy (non-hydrogen) atoms. The third-order valence-corrected chi connectivity index (χ3v) is 5.31. The maximum absolute atomic E-state index is 6.14. The third-order valence-electron chi connectivity index (χ3n) is 4.43. The second-order valence-electron chi connectivity index (χ2n) is 6.36. The molecule has 132 valence electrons. The lowest BCUT2D eigenvalue weighted by molar-refractivity contribution is 0.302. The van der Waals surface area contributed by atoms with Crippen LogP contribution in [0.1, 0.15) is 43.0 Å². The molecule has 0 unspecified atom stereocenters. The summed E-state index contributed by atoms with van der Waals surface area (Å²) in [6, 6.07) is 17.1. The zero-order valence-corrected chi connectivity index (χ0v) is 15.8. The summed E-state index contributed by atoms with van der Waals surface area (Å²) in [4.78, 5) is 1.36. The molecule has 0 aliphatic carbocycles. The molecule has 0 atom stereocenters. The molecule has 1 heterocycles. The summed E-state index contributed by atoms with van der Waals surface area (Å²) < 4.78 is 6.14. The van der Waals surface area contributed by atoms with Crippen LogP contribution >= 0.6 is 11.3 Å². The van der Waals surface area contributed by atoms with Gasteiger partial charge in [0.2, 0.25) is 0 Å². The van der Waals surface area contributed by atoms with Crippen LogP contribution in [0.2, 0.25) is 0 Å². The zero-order chi connectivity index (χ0) is 17.3. The molecule has 0 saturated heterocycles. The number of thiophene rings is 1. The van der Waals surface area contributed by atoms with Gasteiger partial charge in [0.05, 0.1) is 6.61 Å². The molecule has 3 rings (SSSR count). The first-order valence-corrected chi connectivity index (χ1v) is 10.1. The van der Waals surface area contributed by atoms with E-state index in [9.17, 15) is 0 Å². The van der Waals surface area contributed by atoms with Crippen LogP contribution in [-0.2, 0) is 13.1 Å². The summed E-state index contributed by atoms with van der Waals surface area (Å²) in [7, 11) is 0. The number of rotatable bonds is 10. The van der Waals surface area contributed by atoms with Crippen molar-refractivity contribution in [3.8, 4) is 5.75 Å². The summed E-state index contributed by atoms with van der Waals surface area (Å²) >= 11 is 1.79. The molecule has 0 aliphatic rings. The number of nitrogens with one attached hydrogen (secondary N) is 1. The fourth-order valence-corrected chi connectivity index (χ4v) is 3.74. The van der Waals surface area contributed by atoms with Gasteiger partial charge in [-0.3, -0.25) is 0 Å². The van der Waals surface area contributed by atoms with Crippen molar-refractivity contribution < 1.29 is 4.74 Å². The van der Waals surface area contributed by atoms with Crippen LogP contribution in [0.5, 0.6) is 5.75 Å². The van der Waals surface area contributed by atoms with Crippen molar-refractivity contribution in [1.82, 2.24) is 5.32 Å². The maximum Gasteiger partial charge on any atom is 0.124 e. The van der Waals surface area contributed by atoms with Gasteiger partial charge in [-0.2, -0.15) is 0 Å². The Hall–Kier alpha value is -1.84. The van der Waals surface area contributed by atoms with Crippen molar-refractivity contribution in [3.63, 3.8) is 0 Å². The van der Waals surface area contributed by atoms with Gasteiger partial charge in [0.25, 0.3) is 0 Å². The van der Waals surface area contributed by atoms with E-state index in [2.05, 4.69) is 66.2 Å². The Balaban J connectivity index is 1.70. The molecule has 0 spiro atoms. The van der Waals surface area contributed by atoms with Crippen LogP contribution in [0.15, 0.2) is 53.9 Å². The lowest BCUT2D eigenvalue weighted by Gasteiger charge is -2.15. The minimum Gasteiger partial charge on any atom is -0.493 e. The Kier molecular flexibility index (Phi) is 6.89. The van der Waals surface area contributed by atoms with Crippen molar-refractivity contribution in [3.05, 3.63) is 64.4 Å². The molecule has 0 radical (unpaired) electrons. The minimum atomic E-state index is 0.802. The van der Waals surface area contributed by atoms with E-state index in [0.29, 0.717) is 0 Å². The van der Waals surface area contributed by atoms with Crippen molar-refractivity contribution in [2.75, 3.05) is 6.61 Å². The van der Waals surface area contributed by atoms with Gasteiger partial charge in [0.15, 0.2) is 0 Å². The average Bonchev–Trinajstić information content (AvgIpc) is 3.16. The van der Waals surface area contributed by atoms with E-state index in [-0.39, 0.29) is 0 Å². The SMILES string of the molecule is CCCCCCOc1ccc2ccccc2c1CNCc1cccs1. The van der Waals surface area contributed by atoms with E-state index >= 15 is 0 Å². The second-order valence-corrected chi connectivity index (χ2v) is 7.39. The number of fused-ring (bicyclic) bond motifs is 1. The highest BCUT2D eigenvalue weighted by Crippen LogP contribution is 2.28. The van der Waals surface area contributed by atoms with Crippen LogP contribution in [0.25, 0.3) is 10.8 Å². The summed E-state index contributed by atoms with van der Waals surface area (Å²) in [5.41, 5.74) is 1.27. The Morgan fingerprint density at radius 1 is 0.920 bits per heavy atom. The van der Waals surface area contributed by atoms with Crippen molar-refractivity contribution in [2.45, 2.75) is 45.7 Å². The third kappa shape index (κ3) is 5.07. The highest BCUT2D eigenvalue weighted by Gasteiger charge is 2.09. The predicted octanol–water partition coefficient (Wildman–Crippen LogP) is 6.15. The molecular formula is C22H27NOS. The molecule has 0 amide bonds. The van der Waals surface area contributed by atoms with Crippen LogP contribution in [0.4, 0.5) is 0 Å². The standard InChI is InChI=1S/C22H27NOS/c1-2-3-4-7-14-24-22-13-12-18-9-5-6-11-20(18)21(22)17-23-16-19-10-8-15-25-19/h5-6,8-13,15,23H,2-4,7,14,16-17H2,1H3. The fourth-order valence-electron chi connectivity index (χ4n) is 3.07. The molecule has 0 saturated carbocycles. The van der Waals surface area contributed by atoms with Gasteiger partial charge in [-0.05, 0) is 34.7 Å². The fraction of sp³-hybridized carbons (Fsp3) is 0.364. The van der Waals surface area contributed by atoms with E-state index in [1.54, 1.807) is 11.3 Å². The topological polar surface area (TPSA) is 21.3 Å². The van der Waals surface area contributed by atoms with Crippen LogP contribution < -0.4 is 10.1 Å². The average molecular weight is 354 g/mol.